The molecule has 3 amide bonds. The summed E-state index contributed by atoms with van der Waals surface area (Å²) in [5, 5.41) is 2.62. The van der Waals surface area contributed by atoms with Gasteiger partial charge in [-0.15, -0.1) is 0 Å². The molecule has 1 atom stereocenters. The van der Waals surface area contributed by atoms with Gasteiger partial charge in [-0.3, -0.25) is 4.79 Å². The summed E-state index contributed by atoms with van der Waals surface area (Å²) in [5.74, 6) is -1.22. The molecule has 132 valence electrons. The van der Waals surface area contributed by atoms with Gasteiger partial charge in [0.25, 0.3) is 0 Å². The number of carbonyl (C=O) groups is 2. The smallest absolute Gasteiger partial charge is 0.321 e. The average Bonchev–Trinajstić information content (AvgIpc) is 2.57. The number of nitrogens with two attached hydrogens (primary N) is 1. The van der Waals surface area contributed by atoms with Gasteiger partial charge in [0.15, 0.2) is 11.6 Å². The average molecular weight is 339 g/mol. The van der Waals surface area contributed by atoms with Gasteiger partial charge in [0.1, 0.15) is 6.61 Å². The number of rotatable bonds is 6. The molecular weight excluding hydrogens is 317 g/mol. The fraction of sp³-hybridized carbons (Fsp3) is 0.500. The van der Waals surface area contributed by atoms with E-state index in [0.29, 0.717) is 31.7 Å². The van der Waals surface area contributed by atoms with Crippen LogP contribution in [-0.2, 0) is 9.53 Å². The van der Waals surface area contributed by atoms with Gasteiger partial charge >= 0.3 is 6.03 Å². The first-order valence-corrected chi connectivity index (χ1v) is 7.77. The maximum atomic E-state index is 13.9. The maximum Gasteiger partial charge on any atom is 0.321 e. The number of nitrogens with one attached hydrogen (secondary N) is 1. The van der Waals surface area contributed by atoms with Crippen LogP contribution in [0.3, 0.4) is 0 Å². The minimum absolute atomic E-state index is 0.0943. The minimum Gasteiger partial charge on any atom is -0.488 e. The molecule has 1 heterocycles. The number of primary amides is 1. The molecule has 24 heavy (non-hydrogen) atoms. The highest BCUT2D eigenvalue weighted by molar-refractivity contribution is 5.90. The van der Waals surface area contributed by atoms with Crippen LogP contribution in [0.15, 0.2) is 18.2 Å². The number of halogens is 1. The number of urea groups is 1. The Bertz CT molecular complexity index is 597. The molecule has 0 saturated carbocycles. The van der Waals surface area contributed by atoms with Crippen molar-refractivity contribution >= 4 is 17.6 Å². The third kappa shape index (κ3) is 4.82. The molecule has 3 N–H and O–H groups in total. The molecular formula is C16H22FN3O4. The summed E-state index contributed by atoms with van der Waals surface area (Å²) < 4.78 is 24.0. The zero-order chi connectivity index (χ0) is 17.5. The Kier molecular flexibility index (Phi) is 6.36. The van der Waals surface area contributed by atoms with Crippen molar-refractivity contribution in [3.63, 3.8) is 0 Å². The van der Waals surface area contributed by atoms with Gasteiger partial charge in [-0.05, 0) is 25.0 Å². The monoisotopic (exact) mass is 339 g/mol. The summed E-state index contributed by atoms with van der Waals surface area (Å²) in [7, 11) is 1.53. The van der Waals surface area contributed by atoms with E-state index in [1.807, 2.05) is 0 Å². The summed E-state index contributed by atoms with van der Waals surface area (Å²) in [4.78, 5) is 25.0. The third-order valence-corrected chi connectivity index (χ3v) is 3.84. The Balaban J connectivity index is 1.94. The number of hydrogen-bond acceptors (Lipinski definition) is 4. The Morgan fingerprint density at radius 1 is 1.42 bits per heavy atom. The first-order valence-electron chi connectivity index (χ1n) is 7.77. The topological polar surface area (TPSA) is 93.9 Å². The Hall–Kier alpha value is -2.35. The fourth-order valence-corrected chi connectivity index (χ4v) is 2.53. The molecule has 1 saturated heterocycles. The van der Waals surface area contributed by atoms with Crippen molar-refractivity contribution in [2.45, 2.75) is 12.8 Å². The number of anilines is 1. The molecule has 1 aliphatic rings. The summed E-state index contributed by atoms with van der Waals surface area (Å²) in [6, 6.07) is 3.81. The lowest BCUT2D eigenvalue weighted by Gasteiger charge is -2.31. The van der Waals surface area contributed by atoms with E-state index in [9.17, 15) is 14.0 Å². The van der Waals surface area contributed by atoms with Crippen LogP contribution in [0.5, 0.6) is 5.75 Å². The number of amides is 3. The molecule has 1 aromatic carbocycles. The molecule has 1 aliphatic heterocycles. The molecule has 1 fully saturated rings. The minimum atomic E-state index is -0.572. The van der Waals surface area contributed by atoms with Gasteiger partial charge in [-0.25, -0.2) is 9.18 Å². The van der Waals surface area contributed by atoms with E-state index in [0.717, 1.165) is 0 Å². The number of piperidine rings is 1. The highest BCUT2D eigenvalue weighted by Crippen LogP contribution is 2.22. The molecule has 8 heteroatoms. The molecule has 0 radical (unpaired) electrons. The number of benzene rings is 1. The van der Waals surface area contributed by atoms with Crippen molar-refractivity contribution in [2.24, 2.45) is 11.7 Å². The quantitative estimate of drug-likeness (QED) is 0.770. The lowest BCUT2D eigenvalue weighted by Crippen LogP contribution is -2.45. The molecule has 0 spiro atoms. The molecule has 0 aromatic heterocycles. The van der Waals surface area contributed by atoms with E-state index in [-0.39, 0.29) is 30.9 Å². The Morgan fingerprint density at radius 2 is 2.21 bits per heavy atom. The van der Waals surface area contributed by atoms with Crippen molar-refractivity contribution < 1.29 is 23.5 Å². The number of nitrogens with zero attached hydrogens (tertiary/aromatic N) is 1. The number of likely N-dealkylation sites (tertiary alicyclic amines) is 1. The zero-order valence-electron chi connectivity index (χ0n) is 13.6. The summed E-state index contributed by atoms with van der Waals surface area (Å²) in [6.45, 7) is 1.41. The van der Waals surface area contributed by atoms with Crippen LogP contribution in [0.1, 0.15) is 12.8 Å². The first kappa shape index (κ1) is 18.0. The van der Waals surface area contributed by atoms with E-state index in [4.69, 9.17) is 15.2 Å². The highest BCUT2D eigenvalue weighted by Gasteiger charge is 2.27. The van der Waals surface area contributed by atoms with Crippen LogP contribution in [0.25, 0.3) is 0 Å². The van der Waals surface area contributed by atoms with Crippen molar-refractivity contribution in [1.82, 2.24) is 4.90 Å². The van der Waals surface area contributed by atoms with Crippen LogP contribution in [-0.4, -0.2) is 50.3 Å². The van der Waals surface area contributed by atoms with Gasteiger partial charge in [0.05, 0.1) is 12.5 Å². The largest absolute Gasteiger partial charge is 0.488 e. The van der Waals surface area contributed by atoms with Crippen molar-refractivity contribution in [3.05, 3.63) is 24.0 Å². The molecule has 0 bridgehead atoms. The van der Waals surface area contributed by atoms with E-state index in [1.54, 1.807) is 6.07 Å². The molecule has 1 aromatic rings. The van der Waals surface area contributed by atoms with Crippen LogP contribution in [0, 0.1) is 11.7 Å². The lowest BCUT2D eigenvalue weighted by molar-refractivity contribution is -0.123. The summed E-state index contributed by atoms with van der Waals surface area (Å²) in [6.07, 6.45) is 1.39. The van der Waals surface area contributed by atoms with E-state index >= 15 is 0 Å². The van der Waals surface area contributed by atoms with Crippen LogP contribution in [0.4, 0.5) is 14.9 Å². The zero-order valence-corrected chi connectivity index (χ0v) is 13.6. The van der Waals surface area contributed by atoms with Crippen molar-refractivity contribution in [1.29, 1.82) is 0 Å². The second-order valence-corrected chi connectivity index (χ2v) is 5.60. The molecule has 2 rings (SSSR count). The van der Waals surface area contributed by atoms with E-state index in [1.165, 1.54) is 24.1 Å². The Morgan fingerprint density at radius 3 is 2.88 bits per heavy atom. The molecule has 1 unspecified atom stereocenters. The predicted octanol–water partition coefficient (Wildman–Crippen LogP) is 1.58. The van der Waals surface area contributed by atoms with Crippen LogP contribution >= 0.6 is 0 Å². The second kappa shape index (κ2) is 8.49. The third-order valence-electron chi connectivity index (χ3n) is 3.84. The fourth-order valence-electron chi connectivity index (χ4n) is 2.53. The van der Waals surface area contributed by atoms with Gasteiger partial charge in [0.2, 0.25) is 5.91 Å². The number of ether oxygens (including phenoxy) is 2. The number of methoxy groups -OCH3 is 1. The predicted molar refractivity (Wildman–Crippen MR) is 86.3 cm³/mol. The first-order chi connectivity index (χ1) is 11.5. The number of carbonyl (C=O) groups excluding carboxylic acids is 2. The van der Waals surface area contributed by atoms with Gasteiger partial charge < -0.3 is 25.4 Å². The molecule has 0 aliphatic carbocycles. The van der Waals surface area contributed by atoms with Crippen molar-refractivity contribution in [3.8, 4) is 5.75 Å². The van der Waals surface area contributed by atoms with E-state index in [2.05, 4.69) is 5.32 Å². The van der Waals surface area contributed by atoms with Gasteiger partial charge in [-0.1, -0.05) is 0 Å². The maximum absolute atomic E-state index is 13.9. The van der Waals surface area contributed by atoms with E-state index < -0.39 is 11.7 Å². The van der Waals surface area contributed by atoms with Gasteiger partial charge in [-0.2, -0.15) is 0 Å². The van der Waals surface area contributed by atoms with Gasteiger partial charge in [0, 0.05) is 32.0 Å². The van der Waals surface area contributed by atoms with Crippen LogP contribution in [0.2, 0.25) is 0 Å². The van der Waals surface area contributed by atoms with Crippen molar-refractivity contribution in [2.75, 3.05) is 38.7 Å². The lowest BCUT2D eigenvalue weighted by atomic mass is 9.98. The molecule has 7 nitrogen and oxygen atoms in total. The number of hydrogen-bond donors (Lipinski definition) is 2. The standard InChI is InChI=1S/C16H22FN3O4/c1-23-7-8-24-14-5-4-12(9-13(14)17)19-16(22)20-6-2-3-11(10-20)15(18)21/h4-5,9,11H,2-3,6-8,10H2,1H3,(H2,18,21)(H,19,22). The SMILES string of the molecule is COCCOc1ccc(NC(=O)N2CCCC(C(N)=O)C2)cc1F. The second-order valence-electron chi connectivity index (χ2n) is 5.60. The Labute approximate surface area is 139 Å². The van der Waals surface area contributed by atoms with Crippen LogP contribution < -0.4 is 15.8 Å². The summed E-state index contributed by atoms with van der Waals surface area (Å²) in [5.41, 5.74) is 5.62. The normalized spacial score (nSPS) is 17.4. The summed E-state index contributed by atoms with van der Waals surface area (Å²) >= 11 is 0. The highest BCUT2D eigenvalue weighted by atomic mass is 19.1.